The second kappa shape index (κ2) is 5.30. The summed E-state index contributed by atoms with van der Waals surface area (Å²) in [5.41, 5.74) is 1.38. The van der Waals surface area contributed by atoms with Gasteiger partial charge in [-0.05, 0) is 27.9 Å². The number of carbonyl (C=O) groups excluding carboxylic acids is 1. The molecule has 106 valence electrons. The molecule has 0 spiro atoms. The molecule has 2 rings (SSSR count). The van der Waals surface area contributed by atoms with Crippen LogP contribution in [0.5, 0.6) is 0 Å². The summed E-state index contributed by atoms with van der Waals surface area (Å²) in [6.45, 7) is 5.52. The van der Waals surface area contributed by atoms with Gasteiger partial charge >= 0.3 is 0 Å². The number of hydrogen-bond acceptors (Lipinski definition) is 4. The lowest BCUT2D eigenvalue weighted by molar-refractivity contribution is 0.0763. The second-order valence-corrected chi connectivity index (χ2v) is 5.29. The van der Waals surface area contributed by atoms with Crippen molar-refractivity contribution < 1.29 is 9.90 Å². The standard InChI is InChI=1S/C13H22N4O2/c1-5-17-6-10(9(2)14-17)13(19)16-7-11(15(3)4)12(18)8-16/h6,11-12,18H,5,7-8H2,1-4H3/t11-,12-/m1/s1. The van der Waals surface area contributed by atoms with Crippen molar-refractivity contribution in [3.05, 3.63) is 17.5 Å². The van der Waals surface area contributed by atoms with Crippen LogP contribution in [0.25, 0.3) is 0 Å². The number of aryl methyl sites for hydroxylation is 2. The van der Waals surface area contributed by atoms with Crippen LogP contribution in [-0.2, 0) is 6.54 Å². The Balaban J connectivity index is 2.14. The summed E-state index contributed by atoms with van der Waals surface area (Å²) in [7, 11) is 3.84. The summed E-state index contributed by atoms with van der Waals surface area (Å²) in [5, 5.41) is 14.3. The molecule has 1 aliphatic heterocycles. The largest absolute Gasteiger partial charge is 0.390 e. The van der Waals surface area contributed by atoms with E-state index in [1.54, 1.807) is 15.8 Å². The Hall–Kier alpha value is -1.40. The van der Waals surface area contributed by atoms with Crippen molar-refractivity contribution in [1.29, 1.82) is 0 Å². The highest BCUT2D eigenvalue weighted by Gasteiger charge is 2.36. The molecule has 0 radical (unpaired) electrons. The Morgan fingerprint density at radius 1 is 1.53 bits per heavy atom. The lowest BCUT2D eigenvalue weighted by Gasteiger charge is -2.21. The molecular formula is C13H22N4O2. The number of rotatable bonds is 3. The average molecular weight is 266 g/mol. The first-order valence-corrected chi connectivity index (χ1v) is 6.61. The van der Waals surface area contributed by atoms with Crippen LogP contribution in [0.3, 0.4) is 0 Å². The van der Waals surface area contributed by atoms with Crippen LogP contribution in [0, 0.1) is 6.92 Å². The molecule has 6 heteroatoms. The first kappa shape index (κ1) is 14.0. The van der Waals surface area contributed by atoms with E-state index >= 15 is 0 Å². The number of β-amino-alcohol motifs (C(OH)–C–C–N with tert-alkyl or cyclic N) is 1. The van der Waals surface area contributed by atoms with Gasteiger partial charge in [-0.1, -0.05) is 0 Å². The Labute approximate surface area is 113 Å². The van der Waals surface area contributed by atoms with Crippen molar-refractivity contribution in [3.8, 4) is 0 Å². The first-order valence-electron chi connectivity index (χ1n) is 6.61. The summed E-state index contributed by atoms with van der Waals surface area (Å²) in [5.74, 6) is -0.0411. The Morgan fingerprint density at radius 2 is 2.21 bits per heavy atom. The molecule has 0 saturated carbocycles. The second-order valence-electron chi connectivity index (χ2n) is 5.29. The van der Waals surface area contributed by atoms with Gasteiger partial charge in [0.1, 0.15) is 0 Å². The molecule has 0 aliphatic carbocycles. The molecular weight excluding hydrogens is 244 g/mol. The van der Waals surface area contributed by atoms with Gasteiger partial charge in [0.2, 0.25) is 0 Å². The molecule has 0 aromatic carbocycles. The Morgan fingerprint density at radius 3 is 2.68 bits per heavy atom. The van der Waals surface area contributed by atoms with Gasteiger partial charge in [-0.3, -0.25) is 9.48 Å². The number of nitrogens with zero attached hydrogens (tertiary/aromatic N) is 4. The minimum absolute atomic E-state index is 0.00507. The summed E-state index contributed by atoms with van der Waals surface area (Å²) in [6.07, 6.45) is 1.30. The van der Waals surface area contributed by atoms with E-state index in [1.807, 2.05) is 32.8 Å². The van der Waals surface area contributed by atoms with Gasteiger partial charge in [-0.15, -0.1) is 0 Å². The molecule has 0 unspecified atom stereocenters. The van der Waals surface area contributed by atoms with E-state index in [1.165, 1.54) is 0 Å². The molecule has 2 heterocycles. The third-order valence-electron chi connectivity index (χ3n) is 3.71. The topological polar surface area (TPSA) is 61.6 Å². The third kappa shape index (κ3) is 2.64. The SMILES string of the molecule is CCn1cc(C(=O)N2C[C@@H](O)[C@H](N(C)C)C2)c(C)n1. The van der Waals surface area contributed by atoms with Crippen LogP contribution >= 0.6 is 0 Å². The van der Waals surface area contributed by atoms with Crippen molar-refractivity contribution >= 4 is 5.91 Å². The fourth-order valence-electron chi connectivity index (χ4n) is 2.50. The number of likely N-dealkylation sites (tertiary alicyclic amines) is 1. The van der Waals surface area contributed by atoms with Crippen molar-refractivity contribution in [3.63, 3.8) is 0 Å². The van der Waals surface area contributed by atoms with E-state index in [-0.39, 0.29) is 11.9 Å². The number of aliphatic hydroxyl groups is 1. The molecule has 6 nitrogen and oxygen atoms in total. The van der Waals surface area contributed by atoms with E-state index in [0.29, 0.717) is 18.7 Å². The molecule has 1 amide bonds. The van der Waals surface area contributed by atoms with E-state index < -0.39 is 6.10 Å². The molecule has 0 bridgehead atoms. The zero-order valence-corrected chi connectivity index (χ0v) is 12.0. The van der Waals surface area contributed by atoms with Crippen molar-refractivity contribution in [1.82, 2.24) is 19.6 Å². The minimum Gasteiger partial charge on any atom is -0.390 e. The van der Waals surface area contributed by atoms with Crippen LogP contribution in [-0.4, -0.2) is 69.9 Å². The zero-order chi connectivity index (χ0) is 14.2. The first-order chi connectivity index (χ1) is 8.93. The van der Waals surface area contributed by atoms with Gasteiger partial charge in [-0.2, -0.15) is 5.10 Å². The number of hydrogen-bond donors (Lipinski definition) is 1. The van der Waals surface area contributed by atoms with Crippen LogP contribution in [0.1, 0.15) is 23.0 Å². The smallest absolute Gasteiger partial charge is 0.257 e. The van der Waals surface area contributed by atoms with Crippen molar-refractivity contribution in [2.75, 3.05) is 27.2 Å². The molecule has 1 N–H and O–H groups in total. The number of carbonyl (C=O) groups is 1. The highest BCUT2D eigenvalue weighted by Crippen LogP contribution is 2.18. The fourth-order valence-corrected chi connectivity index (χ4v) is 2.50. The van der Waals surface area contributed by atoms with Gasteiger partial charge in [0.25, 0.3) is 5.91 Å². The summed E-state index contributed by atoms with van der Waals surface area (Å²) < 4.78 is 1.76. The molecule has 1 aliphatic rings. The normalized spacial score (nSPS) is 23.4. The molecule has 1 aromatic heterocycles. The lowest BCUT2D eigenvalue weighted by Crippen LogP contribution is -2.38. The molecule has 1 saturated heterocycles. The molecule has 2 atom stereocenters. The fraction of sp³-hybridized carbons (Fsp3) is 0.692. The average Bonchev–Trinajstić information content (AvgIpc) is 2.91. The van der Waals surface area contributed by atoms with Crippen LogP contribution in [0.4, 0.5) is 0 Å². The van der Waals surface area contributed by atoms with Crippen LogP contribution in [0.15, 0.2) is 6.20 Å². The highest BCUT2D eigenvalue weighted by atomic mass is 16.3. The summed E-state index contributed by atoms with van der Waals surface area (Å²) in [4.78, 5) is 16.1. The minimum atomic E-state index is -0.486. The number of likely N-dealkylation sites (N-methyl/N-ethyl adjacent to an activating group) is 1. The maximum absolute atomic E-state index is 12.5. The van der Waals surface area contributed by atoms with E-state index in [2.05, 4.69) is 5.10 Å². The lowest BCUT2D eigenvalue weighted by atomic mass is 10.2. The molecule has 1 fully saturated rings. The van der Waals surface area contributed by atoms with E-state index in [0.717, 1.165) is 12.2 Å². The Bertz CT molecular complexity index is 469. The number of amides is 1. The van der Waals surface area contributed by atoms with Gasteiger partial charge in [0, 0.05) is 25.8 Å². The van der Waals surface area contributed by atoms with Gasteiger partial charge in [-0.25, -0.2) is 0 Å². The van der Waals surface area contributed by atoms with E-state index in [4.69, 9.17) is 0 Å². The predicted octanol–water partition coefficient (Wildman–Crippen LogP) is -0.0417. The van der Waals surface area contributed by atoms with Crippen LogP contribution in [0.2, 0.25) is 0 Å². The quantitative estimate of drug-likeness (QED) is 0.834. The van der Waals surface area contributed by atoms with Crippen LogP contribution < -0.4 is 0 Å². The monoisotopic (exact) mass is 266 g/mol. The van der Waals surface area contributed by atoms with E-state index in [9.17, 15) is 9.90 Å². The zero-order valence-electron chi connectivity index (χ0n) is 12.0. The Kier molecular flexibility index (Phi) is 3.91. The highest BCUT2D eigenvalue weighted by molar-refractivity contribution is 5.95. The van der Waals surface area contributed by atoms with Gasteiger partial charge in [0.15, 0.2) is 0 Å². The molecule has 1 aromatic rings. The third-order valence-corrected chi connectivity index (χ3v) is 3.71. The summed E-state index contributed by atoms with van der Waals surface area (Å²) in [6, 6.07) is 0.00507. The van der Waals surface area contributed by atoms with Gasteiger partial charge < -0.3 is 14.9 Å². The van der Waals surface area contributed by atoms with Crippen molar-refractivity contribution in [2.45, 2.75) is 32.5 Å². The number of aromatic nitrogens is 2. The maximum Gasteiger partial charge on any atom is 0.257 e. The maximum atomic E-state index is 12.5. The predicted molar refractivity (Wildman–Crippen MR) is 72.0 cm³/mol. The van der Waals surface area contributed by atoms with Gasteiger partial charge in [0.05, 0.1) is 23.4 Å². The van der Waals surface area contributed by atoms with Crippen molar-refractivity contribution in [2.24, 2.45) is 0 Å². The number of aliphatic hydroxyl groups excluding tert-OH is 1. The molecule has 19 heavy (non-hydrogen) atoms. The summed E-state index contributed by atoms with van der Waals surface area (Å²) >= 11 is 0.